The van der Waals surface area contributed by atoms with Gasteiger partial charge in [0, 0.05) is 18.8 Å². The first-order chi connectivity index (χ1) is 10.5. The summed E-state index contributed by atoms with van der Waals surface area (Å²) >= 11 is 13.3. The van der Waals surface area contributed by atoms with E-state index in [0.717, 1.165) is 5.56 Å². The Morgan fingerprint density at radius 2 is 1.91 bits per heavy atom. The molecule has 7 heteroatoms. The highest BCUT2D eigenvalue weighted by molar-refractivity contribution is 7.99. The number of nitrogens with zero attached hydrogens (tertiary/aromatic N) is 1. The van der Waals surface area contributed by atoms with E-state index in [4.69, 9.17) is 28.3 Å². The van der Waals surface area contributed by atoms with Gasteiger partial charge >= 0.3 is 5.97 Å². The average Bonchev–Trinajstić information content (AvgIpc) is 2.51. The molecule has 1 aliphatic rings. The molecule has 0 aromatic heterocycles. The van der Waals surface area contributed by atoms with Crippen LogP contribution in [-0.4, -0.2) is 40.7 Å². The van der Waals surface area contributed by atoms with Crippen molar-refractivity contribution in [3.05, 3.63) is 33.8 Å². The van der Waals surface area contributed by atoms with Crippen molar-refractivity contribution in [1.29, 1.82) is 0 Å². The van der Waals surface area contributed by atoms with Gasteiger partial charge in [0.25, 0.3) is 0 Å². The van der Waals surface area contributed by atoms with Crippen molar-refractivity contribution in [2.75, 3.05) is 18.8 Å². The van der Waals surface area contributed by atoms with Crippen LogP contribution in [0.4, 0.5) is 0 Å². The lowest BCUT2D eigenvalue weighted by atomic mass is 9.97. The lowest BCUT2D eigenvalue weighted by molar-refractivity contribution is -0.145. The smallest absolute Gasteiger partial charge is 0.306 e. The fourth-order valence-electron chi connectivity index (χ4n) is 2.35. The molecular formula is C15H17Cl2NO3S. The molecule has 2 rings (SSSR count). The standard InChI is InChI=1S/C15H17Cl2NO3S/c16-12-2-1-10(7-13(12)17)8-22-9-14(19)18-5-3-11(4-6-18)15(20)21/h1-2,7,11H,3-6,8-9H2,(H,20,21). The Morgan fingerprint density at radius 3 is 2.50 bits per heavy atom. The number of piperidine rings is 1. The summed E-state index contributed by atoms with van der Waals surface area (Å²) in [5, 5.41) is 9.98. The first-order valence-corrected chi connectivity index (χ1v) is 8.90. The molecule has 0 saturated carbocycles. The third-order valence-corrected chi connectivity index (χ3v) is 5.40. The second-order valence-electron chi connectivity index (χ2n) is 5.23. The molecule has 0 unspecified atom stereocenters. The van der Waals surface area contributed by atoms with Crippen molar-refractivity contribution in [2.45, 2.75) is 18.6 Å². The number of thioether (sulfide) groups is 1. The molecule has 1 aliphatic heterocycles. The normalized spacial score (nSPS) is 15.8. The Kier molecular flexibility index (Phi) is 6.41. The van der Waals surface area contributed by atoms with Crippen molar-refractivity contribution in [1.82, 2.24) is 4.90 Å². The minimum atomic E-state index is -0.763. The number of halogens is 2. The molecule has 0 atom stereocenters. The first kappa shape index (κ1) is 17.4. The number of aliphatic carboxylic acids is 1. The van der Waals surface area contributed by atoms with Gasteiger partial charge in [-0.25, -0.2) is 0 Å². The van der Waals surface area contributed by atoms with Crippen LogP contribution < -0.4 is 0 Å². The van der Waals surface area contributed by atoms with E-state index in [1.807, 2.05) is 6.07 Å². The number of carbonyl (C=O) groups excluding carboxylic acids is 1. The van der Waals surface area contributed by atoms with Crippen LogP contribution in [0, 0.1) is 5.92 Å². The van der Waals surface area contributed by atoms with Gasteiger partial charge in [0.2, 0.25) is 5.91 Å². The van der Waals surface area contributed by atoms with Gasteiger partial charge in [0.05, 0.1) is 21.7 Å². The van der Waals surface area contributed by atoms with Gasteiger partial charge in [0.15, 0.2) is 0 Å². The van der Waals surface area contributed by atoms with Crippen LogP contribution >= 0.6 is 35.0 Å². The van der Waals surface area contributed by atoms with Gasteiger partial charge in [0.1, 0.15) is 0 Å². The zero-order chi connectivity index (χ0) is 16.1. The molecular weight excluding hydrogens is 345 g/mol. The zero-order valence-corrected chi connectivity index (χ0v) is 14.3. The number of likely N-dealkylation sites (tertiary alicyclic amines) is 1. The second-order valence-corrected chi connectivity index (χ2v) is 7.03. The van der Waals surface area contributed by atoms with Crippen LogP contribution in [0.5, 0.6) is 0 Å². The fraction of sp³-hybridized carbons (Fsp3) is 0.467. The quantitative estimate of drug-likeness (QED) is 0.870. The molecule has 1 aromatic carbocycles. The molecule has 0 aliphatic carbocycles. The van der Waals surface area contributed by atoms with Crippen LogP contribution in [0.25, 0.3) is 0 Å². The topological polar surface area (TPSA) is 57.6 Å². The zero-order valence-electron chi connectivity index (χ0n) is 11.9. The Hall–Kier alpha value is -0.910. The van der Waals surface area contributed by atoms with Crippen LogP contribution in [0.15, 0.2) is 18.2 Å². The molecule has 1 saturated heterocycles. The fourth-order valence-corrected chi connectivity index (χ4v) is 3.55. The van der Waals surface area contributed by atoms with Crippen LogP contribution in [0.1, 0.15) is 18.4 Å². The van der Waals surface area contributed by atoms with E-state index < -0.39 is 5.97 Å². The molecule has 4 nitrogen and oxygen atoms in total. The van der Waals surface area contributed by atoms with Gasteiger partial charge in [-0.05, 0) is 30.5 Å². The highest BCUT2D eigenvalue weighted by Crippen LogP contribution is 2.25. The number of benzene rings is 1. The summed E-state index contributed by atoms with van der Waals surface area (Å²) in [5.41, 5.74) is 1.02. The SMILES string of the molecule is O=C(O)C1CCN(C(=O)CSCc2ccc(Cl)c(Cl)c2)CC1. The van der Waals surface area contributed by atoms with E-state index in [2.05, 4.69) is 0 Å². The molecule has 120 valence electrons. The Bertz CT molecular complexity index is 560. The van der Waals surface area contributed by atoms with Crippen LogP contribution in [0.3, 0.4) is 0 Å². The molecule has 1 aromatic rings. The maximum absolute atomic E-state index is 12.1. The number of carboxylic acids is 1. The molecule has 1 N–H and O–H groups in total. The number of carboxylic acid groups (broad SMARTS) is 1. The van der Waals surface area contributed by atoms with Gasteiger partial charge < -0.3 is 10.0 Å². The molecule has 22 heavy (non-hydrogen) atoms. The summed E-state index contributed by atoms with van der Waals surface area (Å²) in [6.45, 7) is 1.06. The summed E-state index contributed by atoms with van der Waals surface area (Å²) in [5.74, 6) is 0.0644. The molecule has 0 spiro atoms. The number of hydrogen-bond donors (Lipinski definition) is 1. The second kappa shape index (κ2) is 8.09. The van der Waals surface area contributed by atoms with Crippen molar-refractivity contribution in [3.63, 3.8) is 0 Å². The summed E-state index contributed by atoms with van der Waals surface area (Å²) in [7, 11) is 0. The maximum atomic E-state index is 12.1. The van der Waals surface area contributed by atoms with Gasteiger partial charge in [-0.15, -0.1) is 11.8 Å². The third kappa shape index (κ3) is 4.80. The Balaban J connectivity index is 1.74. The average molecular weight is 362 g/mol. The van der Waals surface area contributed by atoms with E-state index in [9.17, 15) is 9.59 Å². The van der Waals surface area contributed by atoms with Crippen molar-refractivity contribution >= 4 is 46.8 Å². The summed E-state index contributed by atoms with van der Waals surface area (Å²) in [4.78, 5) is 24.7. The lowest BCUT2D eigenvalue weighted by Gasteiger charge is -2.30. The number of carbonyl (C=O) groups is 2. The lowest BCUT2D eigenvalue weighted by Crippen LogP contribution is -2.41. The van der Waals surface area contributed by atoms with Crippen molar-refractivity contribution in [3.8, 4) is 0 Å². The summed E-state index contributed by atoms with van der Waals surface area (Å²) in [6, 6.07) is 5.45. The van der Waals surface area contributed by atoms with Crippen molar-refractivity contribution in [2.24, 2.45) is 5.92 Å². The van der Waals surface area contributed by atoms with Crippen LogP contribution in [0.2, 0.25) is 10.0 Å². The highest BCUT2D eigenvalue weighted by atomic mass is 35.5. The van der Waals surface area contributed by atoms with E-state index in [0.29, 0.717) is 47.5 Å². The summed E-state index contributed by atoms with van der Waals surface area (Å²) in [6.07, 6.45) is 1.08. The molecule has 1 heterocycles. The Labute approximate surface area is 143 Å². The Morgan fingerprint density at radius 1 is 1.23 bits per heavy atom. The third-order valence-electron chi connectivity index (χ3n) is 3.68. The summed E-state index contributed by atoms with van der Waals surface area (Å²) < 4.78 is 0. The number of hydrogen-bond acceptors (Lipinski definition) is 3. The van der Waals surface area contributed by atoms with Crippen LogP contribution in [-0.2, 0) is 15.3 Å². The largest absolute Gasteiger partial charge is 0.481 e. The van der Waals surface area contributed by atoms with Gasteiger partial charge in [-0.3, -0.25) is 9.59 Å². The first-order valence-electron chi connectivity index (χ1n) is 6.99. The molecule has 0 radical (unpaired) electrons. The van der Waals surface area contributed by atoms with Gasteiger partial charge in [-0.2, -0.15) is 0 Å². The minimum Gasteiger partial charge on any atom is -0.481 e. The minimum absolute atomic E-state index is 0.0638. The maximum Gasteiger partial charge on any atom is 0.306 e. The van der Waals surface area contributed by atoms with Gasteiger partial charge in [-0.1, -0.05) is 29.3 Å². The van der Waals surface area contributed by atoms with E-state index >= 15 is 0 Å². The predicted octanol–water partition coefficient (Wildman–Crippen LogP) is 3.55. The number of amides is 1. The molecule has 0 bridgehead atoms. The van der Waals surface area contributed by atoms with E-state index in [1.165, 1.54) is 11.8 Å². The molecule has 1 fully saturated rings. The molecule has 1 amide bonds. The van der Waals surface area contributed by atoms with Crippen molar-refractivity contribution < 1.29 is 14.7 Å². The predicted molar refractivity (Wildman–Crippen MR) is 89.6 cm³/mol. The number of rotatable bonds is 5. The van der Waals surface area contributed by atoms with E-state index in [1.54, 1.807) is 17.0 Å². The van der Waals surface area contributed by atoms with E-state index in [-0.39, 0.29) is 11.8 Å². The monoisotopic (exact) mass is 361 g/mol. The highest BCUT2D eigenvalue weighted by Gasteiger charge is 2.26.